The number of aliphatic hydroxyl groups is 1. The molecule has 33 heavy (non-hydrogen) atoms. The molecule has 170 valence electrons. The van der Waals surface area contributed by atoms with Gasteiger partial charge in [-0.05, 0) is 67.8 Å². The third kappa shape index (κ3) is 4.54. The molecule has 1 heterocycles. The van der Waals surface area contributed by atoms with Crippen LogP contribution in [0, 0.1) is 12.7 Å². The zero-order valence-corrected chi connectivity index (χ0v) is 18.3. The smallest absolute Gasteiger partial charge is 0.384 e. The number of rotatable bonds is 4. The first kappa shape index (κ1) is 22.7. The molecule has 0 atom stereocenters. The maximum absolute atomic E-state index is 13.7. The average molecular weight is 454 g/mol. The fraction of sp³-hybridized carbons (Fsp3) is 0.192. The van der Waals surface area contributed by atoms with Crippen LogP contribution < -0.4 is 0 Å². The lowest BCUT2D eigenvalue weighted by molar-refractivity contribution is -0.137. The Hall–Kier alpha value is -3.45. The molecule has 4 aromatic rings. The summed E-state index contributed by atoms with van der Waals surface area (Å²) in [5.74, 6) is -0.216. The van der Waals surface area contributed by atoms with Gasteiger partial charge in [0.25, 0.3) is 0 Å². The minimum Gasteiger partial charge on any atom is -0.384 e. The van der Waals surface area contributed by atoms with E-state index < -0.39 is 17.3 Å². The molecule has 4 rings (SSSR count). The van der Waals surface area contributed by atoms with Gasteiger partial charge in [0.15, 0.2) is 0 Å². The van der Waals surface area contributed by atoms with Gasteiger partial charge in [0, 0.05) is 17.4 Å². The van der Waals surface area contributed by atoms with Crippen LogP contribution in [0.5, 0.6) is 0 Å². The van der Waals surface area contributed by atoms with Crippen molar-refractivity contribution in [3.8, 4) is 28.2 Å². The van der Waals surface area contributed by atoms with Gasteiger partial charge < -0.3 is 5.11 Å². The summed E-state index contributed by atoms with van der Waals surface area (Å²) in [4.78, 5) is 4.38. The van der Waals surface area contributed by atoms with Gasteiger partial charge in [-0.25, -0.2) is 9.37 Å². The summed E-state index contributed by atoms with van der Waals surface area (Å²) in [6.07, 6.45) is -3.02. The Morgan fingerprint density at radius 2 is 1.52 bits per heavy atom. The van der Waals surface area contributed by atoms with E-state index in [0.717, 1.165) is 17.2 Å². The second-order valence-corrected chi connectivity index (χ2v) is 8.43. The van der Waals surface area contributed by atoms with Crippen LogP contribution in [0.2, 0.25) is 0 Å². The molecule has 3 nitrogen and oxygen atoms in total. The Kier molecular flexibility index (Phi) is 5.62. The molecular formula is C26H22F4N2O. The van der Waals surface area contributed by atoms with Gasteiger partial charge in [0.1, 0.15) is 17.2 Å². The van der Waals surface area contributed by atoms with Crippen LogP contribution in [0.1, 0.15) is 30.7 Å². The number of halogens is 4. The first-order valence-corrected chi connectivity index (χ1v) is 10.3. The standard InChI is InChI=1S/C26H22F4N2O/c1-16-14-18(10-13-22(16)27)17-8-11-19(12-9-17)32-15-23(25(2,3)33)31-24(32)20-6-4-5-7-21(20)26(28,29)30/h4-15,33H,1-3H3. The monoisotopic (exact) mass is 454 g/mol. The van der Waals surface area contributed by atoms with Crippen molar-refractivity contribution in [3.05, 3.63) is 95.6 Å². The van der Waals surface area contributed by atoms with Crippen LogP contribution in [-0.2, 0) is 11.8 Å². The Balaban J connectivity index is 1.85. The molecule has 0 aliphatic heterocycles. The highest BCUT2D eigenvalue weighted by atomic mass is 19.4. The van der Waals surface area contributed by atoms with E-state index in [0.29, 0.717) is 11.3 Å². The van der Waals surface area contributed by atoms with E-state index in [1.807, 2.05) is 12.1 Å². The second-order valence-electron chi connectivity index (χ2n) is 8.43. The first-order chi connectivity index (χ1) is 15.4. The summed E-state index contributed by atoms with van der Waals surface area (Å²) >= 11 is 0. The van der Waals surface area contributed by atoms with E-state index in [-0.39, 0.29) is 22.9 Å². The fourth-order valence-electron chi connectivity index (χ4n) is 3.63. The van der Waals surface area contributed by atoms with Crippen molar-refractivity contribution in [2.75, 3.05) is 0 Å². The molecule has 0 spiro atoms. The fourth-order valence-corrected chi connectivity index (χ4v) is 3.63. The van der Waals surface area contributed by atoms with Crippen LogP contribution in [0.15, 0.2) is 72.9 Å². The quantitative estimate of drug-likeness (QED) is 0.341. The number of nitrogens with zero attached hydrogens (tertiary/aromatic N) is 2. The molecular weight excluding hydrogens is 432 g/mol. The Morgan fingerprint density at radius 3 is 2.12 bits per heavy atom. The number of benzene rings is 3. The van der Waals surface area contributed by atoms with Gasteiger partial charge in [0.2, 0.25) is 0 Å². The van der Waals surface area contributed by atoms with Gasteiger partial charge in [-0.3, -0.25) is 4.57 Å². The van der Waals surface area contributed by atoms with Crippen molar-refractivity contribution >= 4 is 0 Å². The van der Waals surface area contributed by atoms with Crippen LogP contribution in [0.25, 0.3) is 28.2 Å². The highest BCUT2D eigenvalue weighted by molar-refractivity contribution is 5.68. The zero-order chi connectivity index (χ0) is 24.0. The minimum atomic E-state index is -4.56. The Bertz CT molecular complexity index is 1300. The molecule has 0 saturated carbocycles. The third-order valence-corrected chi connectivity index (χ3v) is 5.44. The number of aryl methyl sites for hydroxylation is 1. The van der Waals surface area contributed by atoms with Crippen molar-refractivity contribution < 1.29 is 22.7 Å². The van der Waals surface area contributed by atoms with Crippen molar-refractivity contribution in [3.63, 3.8) is 0 Å². The summed E-state index contributed by atoms with van der Waals surface area (Å²) in [6, 6.07) is 17.2. The molecule has 0 fully saturated rings. The number of hydrogen-bond donors (Lipinski definition) is 1. The van der Waals surface area contributed by atoms with Gasteiger partial charge in [0.05, 0.1) is 11.3 Å². The molecule has 0 aliphatic rings. The maximum atomic E-state index is 13.7. The molecule has 0 bridgehead atoms. The summed E-state index contributed by atoms with van der Waals surface area (Å²) in [6.45, 7) is 4.74. The Labute approximate surface area is 189 Å². The summed E-state index contributed by atoms with van der Waals surface area (Å²) in [5, 5.41) is 10.5. The molecule has 0 amide bonds. The van der Waals surface area contributed by atoms with E-state index in [4.69, 9.17) is 0 Å². The van der Waals surface area contributed by atoms with Crippen LogP contribution >= 0.6 is 0 Å². The number of hydrogen-bond acceptors (Lipinski definition) is 2. The molecule has 7 heteroatoms. The number of alkyl halides is 3. The lowest BCUT2D eigenvalue weighted by Gasteiger charge is -2.14. The van der Waals surface area contributed by atoms with E-state index in [9.17, 15) is 22.7 Å². The SMILES string of the molecule is Cc1cc(-c2ccc(-n3cc(C(C)(C)O)nc3-c3ccccc3C(F)(F)F)cc2)ccc1F. The van der Waals surface area contributed by atoms with Gasteiger partial charge in [-0.15, -0.1) is 0 Å². The van der Waals surface area contributed by atoms with Gasteiger partial charge in [-0.1, -0.05) is 36.4 Å². The van der Waals surface area contributed by atoms with Gasteiger partial charge >= 0.3 is 6.18 Å². The Morgan fingerprint density at radius 1 is 0.879 bits per heavy atom. The molecule has 3 aromatic carbocycles. The lowest BCUT2D eigenvalue weighted by Crippen LogP contribution is -2.15. The lowest BCUT2D eigenvalue weighted by atomic mass is 10.0. The number of aromatic nitrogens is 2. The number of imidazole rings is 1. The highest BCUT2D eigenvalue weighted by Gasteiger charge is 2.35. The van der Waals surface area contributed by atoms with E-state index >= 15 is 0 Å². The van der Waals surface area contributed by atoms with E-state index in [1.165, 1.54) is 42.7 Å². The average Bonchev–Trinajstić information content (AvgIpc) is 3.21. The van der Waals surface area contributed by atoms with E-state index in [2.05, 4.69) is 4.98 Å². The van der Waals surface area contributed by atoms with Gasteiger partial charge in [-0.2, -0.15) is 13.2 Å². The summed E-state index contributed by atoms with van der Waals surface area (Å²) in [7, 11) is 0. The topological polar surface area (TPSA) is 38.0 Å². The van der Waals surface area contributed by atoms with Crippen molar-refractivity contribution in [2.45, 2.75) is 32.5 Å². The predicted octanol–water partition coefficient (Wildman–Crippen LogP) is 6.90. The molecule has 0 saturated heterocycles. The molecule has 1 N–H and O–H groups in total. The largest absolute Gasteiger partial charge is 0.417 e. The molecule has 0 radical (unpaired) electrons. The molecule has 0 unspecified atom stereocenters. The van der Waals surface area contributed by atoms with Crippen molar-refractivity contribution in [1.82, 2.24) is 9.55 Å². The van der Waals surface area contributed by atoms with Crippen LogP contribution in [0.3, 0.4) is 0 Å². The third-order valence-electron chi connectivity index (χ3n) is 5.44. The maximum Gasteiger partial charge on any atom is 0.417 e. The second kappa shape index (κ2) is 8.15. The van der Waals surface area contributed by atoms with Crippen LogP contribution in [0.4, 0.5) is 17.6 Å². The minimum absolute atomic E-state index is 0.0745. The summed E-state index contributed by atoms with van der Waals surface area (Å²) < 4.78 is 56.2. The zero-order valence-electron chi connectivity index (χ0n) is 18.3. The summed E-state index contributed by atoms with van der Waals surface area (Å²) in [5.41, 5.74) is 0.759. The molecule has 1 aromatic heterocycles. The van der Waals surface area contributed by atoms with Crippen molar-refractivity contribution in [2.24, 2.45) is 0 Å². The van der Waals surface area contributed by atoms with Crippen molar-refractivity contribution in [1.29, 1.82) is 0 Å². The van der Waals surface area contributed by atoms with Crippen LogP contribution in [-0.4, -0.2) is 14.7 Å². The normalized spacial score (nSPS) is 12.2. The predicted molar refractivity (Wildman–Crippen MR) is 119 cm³/mol. The highest BCUT2D eigenvalue weighted by Crippen LogP contribution is 2.38. The van der Waals surface area contributed by atoms with E-state index in [1.54, 1.807) is 37.4 Å². The molecule has 0 aliphatic carbocycles. The first-order valence-electron chi connectivity index (χ1n) is 10.3.